The van der Waals surface area contributed by atoms with Crippen LogP contribution >= 0.6 is 11.3 Å². The highest BCUT2D eigenvalue weighted by atomic mass is 32.2. The largest absolute Gasteiger partial charge is 0.481 e. The maximum absolute atomic E-state index is 14.3. The van der Waals surface area contributed by atoms with E-state index in [0.29, 0.717) is 30.0 Å². The number of nitrogens with one attached hydrogen (secondary N) is 1. The number of benzene rings is 1. The summed E-state index contributed by atoms with van der Waals surface area (Å²) in [5, 5.41) is 13.5. The van der Waals surface area contributed by atoms with Gasteiger partial charge in [0.05, 0.1) is 20.9 Å². The Hall–Kier alpha value is -2.98. The molecule has 1 saturated carbocycles. The normalized spacial score (nSPS) is 15.7. The number of rotatable bonds is 11. The predicted molar refractivity (Wildman–Crippen MR) is 138 cm³/mol. The van der Waals surface area contributed by atoms with Gasteiger partial charge in [0.15, 0.2) is 5.01 Å². The van der Waals surface area contributed by atoms with E-state index in [4.69, 9.17) is 4.52 Å². The summed E-state index contributed by atoms with van der Waals surface area (Å²) in [5.41, 5.74) is -1.42. The van der Waals surface area contributed by atoms with Crippen molar-refractivity contribution in [2.45, 2.75) is 76.4 Å². The molecule has 4 rings (SSSR count). The Morgan fingerprint density at radius 2 is 1.90 bits per heavy atom. The molecule has 0 saturated heterocycles. The van der Waals surface area contributed by atoms with Gasteiger partial charge in [-0.25, -0.2) is 22.2 Å². The molecule has 0 unspecified atom stereocenters. The van der Waals surface area contributed by atoms with E-state index in [9.17, 15) is 40.3 Å². The number of hydrogen-bond acceptors (Lipinski definition) is 8. The average Bonchev–Trinajstić information content (AvgIpc) is 3.46. The van der Waals surface area contributed by atoms with Crippen molar-refractivity contribution in [2.75, 3.05) is 0 Å². The Bertz CT molecular complexity index is 1530. The lowest BCUT2D eigenvalue weighted by Gasteiger charge is -2.25. The quantitative estimate of drug-likeness (QED) is 0.248. The molecule has 1 aliphatic carbocycles. The number of carboxylic acids is 1. The fourth-order valence-corrected chi connectivity index (χ4v) is 6.43. The molecule has 2 heterocycles. The summed E-state index contributed by atoms with van der Waals surface area (Å²) in [4.78, 5) is 19.9. The minimum atomic E-state index is -4.87. The summed E-state index contributed by atoms with van der Waals surface area (Å²) in [6.07, 6.45) is -4.77. The van der Waals surface area contributed by atoms with Crippen molar-refractivity contribution in [1.29, 1.82) is 0 Å². The van der Waals surface area contributed by atoms with Crippen molar-refractivity contribution in [2.24, 2.45) is 11.3 Å². The van der Waals surface area contributed by atoms with Gasteiger partial charge >= 0.3 is 12.1 Å². The average molecular weight is 623 g/mol. The SMILES string of the molecule is C[C@H](NS(=O)(=O)c1ccc(-c2sc(-c3noc(CC(C)(C)C(=O)O)n3)nc2CC2CCC2)c(C(F)F)c1)C(F)(F)F. The minimum Gasteiger partial charge on any atom is -0.481 e. The van der Waals surface area contributed by atoms with Crippen molar-refractivity contribution in [3.8, 4) is 21.3 Å². The molecule has 1 aromatic carbocycles. The molecule has 41 heavy (non-hydrogen) atoms. The van der Waals surface area contributed by atoms with Gasteiger partial charge in [-0.1, -0.05) is 30.5 Å². The van der Waals surface area contributed by atoms with Crippen LogP contribution in [0.4, 0.5) is 22.0 Å². The highest BCUT2D eigenvalue weighted by molar-refractivity contribution is 7.89. The first-order valence-electron chi connectivity index (χ1n) is 12.6. The molecular formula is C25H27F5N4O5S2. The molecule has 1 atom stereocenters. The minimum absolute atomic E-state index is 0.0170. The Morgan fingerprint density at radius 1 is 1.22 bits per heavy atom. The second-order valence-corrected chi connectivity index (χ2v) is 13.3. The maximum Gasteiger partial charge on any atom is 0.404 e. The van der Waals surface area contributed by atoms with Crippen LogP contribution in [-0.2, 0) is 27.7 Å². The van der Waals surface area contributed by atoms with E-state index in [2.05, 4.69) is 15.1 Å². The molecule has 1 fully saturated rings. The zero-order valence-corrected chi connectivity index (χ0v) is 23.8. The molecule has 1 aliphatic rings. The number of aromatic nitrogens is 3. The van der Waals surface area contributed by atoms with Gasteiger partial charge in [-0.3, -0.25) is 4.79 Å². The number of hydrogen-bond donors (Lipinski definition) is 2. The van der Waals surface area contributed by atoms with Crippen LogP contribution < -0.4 is 4.72 Å². The van der Waals surface area contributed by atoms with Gasteiger partial charge in [0.2, 0.25) is 21.7 Å². The van der Waals surface area contributed by atoms with Crippen LogP contribution in [0.5, 0.6) is 0 Å². The summed E-state index contributed by atoms with van der Waals surface area (Å²) >= 11 is 0.979. The lowest BCUT2D eigenvalue weighted by atomic mass is 9.81. The standard InChI is InChI=1S/C25H27F5N4O5S2/c1-12(25(28,29)30)34-41(37,38)14-7-8-15(16(10-14)20(26)27)19-17(9-13-5-4-6-13)31-22(40-19)21-32-18(39-33-21)11-24(2,3)23(35)36/h7-8,10,12-13,20,34H,4-6,9,11H2,1-3H3,(H,35,36)/t12-/m0/s1. The summed E-state index contributed by atoms with van der Waals surface area (Å²) < 4.78 is 99.2. The molecule has 0 radical (unpaired) electrons. The molecule has 0 aliphatic heterocycles. The second kappa shape index (κ2) is 11.4. The number of carbonyl (C=O) groups is 1. The van der Waals surface area contributed by atoms with Crippen LogP contribution in [0.1, 0.15) is 63.6 Å². The van der Waals surface area contributed by atoms with Crippen molar-refractivity contribution >= 4 is 27.3 Å². The third-order valence-electron chi connectivity index (χ3n) is 6.87. The van der Waals surface area contributed by atoms with Gasteiger partial charge in [-0.2, -0.15) is 22.9 Å². The lowest BCUT2D eigenvalue weighted by molar-refractivity contribution is -0.147. The van der Waals surface area contributed by atoms with Crippen molar-refractivity contribution in [3.05, 3.63) is 35.3 Å². The van der Waals surface area contributed by atoms with Crippen LogP contribution in [0.15, 0.2) is 27.6 Å². The van der Waals surface area contributed by atoms with E-state index in [0.717, 1.165) is 42.7 Å². The molecule has 16 heteroatoms. The first kappa shape index (κ1) is 31.0. The topological polar surface area (TPSA) is 135 Å². The lowest BCUT2D eigenvalue weighted by Crippen LogP contribution is -2.42. The first-order valence-corrected chi connectivity index (χ1v) is 14.9. The highest BCUT2D eigenvalue weighted by Crippen LogP contribution is 2.42. The molecular weight excluding hydrogens is 595 g/mol. The fraction of sp³-hybridized carbons (Fsp3) is 0.520. The summed E-state index contributed by atoms with van der Waals surface area (Å²) in [7, 11) is -4.77. The number of sulfonamides is 1. The molecule has 2 aromatic heterocycles. The van der Waals surface area contributed by atoms with Gasteiger partial charge in [-0.05, 0) is 45.2 Å². The first-order chi connectivity index (χ1) is 19.0. The summed E-state index contributed by atoms with van der Waals surface area (Å²) in [6, 6.07) is 0.339. The summed E-state index contributed by atoms with van der Waals surface area (Å²) in [5.74, 6) is -0.711. The monoisotopic (exact) mass is 622 g/mol. The second-order valence-electron chi connectivity index (χ2n) is 10.6. The summed E-state index contributed by atoms with van der Waals surface area (Å²) in [6.45, 7) is 3.59. The van der Waals surface area contributed by atoms with E-state index in [1.165, 1.54) is 18.6 Å². The van der Waals surface area contributed by atoms with Crippen molar-refractivity contribution in [1.82, 2.24) is 19.8 Å². The van der Waals surface area contributed by atoms with Crippen LogP contribution in [0.2, 0.25) is 0 Å². The predicted octanol–water partition coefficient (Wildman–Crippen LogP) is 6.02. The van der Waals surface area contributed by atoms with Gasteiger partial charge in [0, 0.05) is 17.5 Å². The van der Waals surface area contributed by atoms with E-state index in [1.807, 2.05) is 0 Å². The number of thiazole rings is 1. The van der Waals surface area contributed by atoms with Gasteiger partial charge in [0.1, 0.15) is 6.04 Å². The molecule has 2 N–H and O–H groups in total. The Balaban J connectivity index is 1.74. The molecule has 0 spiro atoms. The van der Waals surface area contributed by atoms with E-state index in [-0.39, 0.29) is 34.6 Å². The number of halogens is 5. The Morgan fingerprint density at radius 3 is 2.46 bits per heavy atom. The molecule has 9 nitrogen and oxygen atoms in total. The van der Waals surface area contributed by atoms with Crippen LogP contribution in [0.3, 0.4) is 0 Å². The zero-order chi connectivity index (χ0) is 30.3. The molecule has 0 bridgehead atoms. The Labute approximate surface area is 236 Å². The van der Waals surface area contributed by atoms with E-state index < -0.39 is 50.5 Å². The van der Waals surface area contributed by atoms with Gasteiger partial charge in [-0.15, -0.1) is 11.3 Å². The maximum atomic E-state index is 14.3. The zero-order valence-electron chi connectivity index (χ0n) is 22.1. The van der Waals surface area contributed by atoms with Crippen LogP contribution in [0.25, 0.3) is 21.3 Å². The van der Waals surface area contributed by atoms with Gasteiger partial charge < -0.3 is 9.63 Å². The number of alkyl halides is 5. The molecule has 3 aromatic rings. The van der Waals surface area contributed by atoms with Crippen LogP contribution in [-0.4, -0.2) is 46.8 Å². The van der Waals surface area contributed by atoms with E-state index >= 15 is 0 Å². The fourth-order valence-electron chi connectivity index (χ4n) is 4.10. The van der Waals surface area contributed by atoms with Crippen molar-refractivity contribution in [3.63, 3.8) is 0 Å². The Kier molecular flexibility index (Phi) is 8.58. The number of nitrogens with zero attached hydrogens (tertiary/aromatic N) is 3. The number of aliphatic carboxylic acids is 1. The van der Waals surface area contributed by atoms with Crippen LogP contribution in [0, 0.1) is 11.3 Å². The third kappa shape index (κ3) is 6.92. The third-order valence-corrected chi connectivity index (χ3v) is 9.54. The van der Waals surface area contributed by atoms with E-state index in [1.54, 1.807) is 0 Å². The van der Waals surface area contributed by atoms with Crippen molar-refractivity contribution < 1.29 is 44.8 Å². The van der Waals surface area contributed by atoms with Gasteiger partial charge in [0.25, 0.3) is 6.43 Å². The molecule has 0 amide bonds. The smallest absolute Gasteiger partial charge is 0.404 e. The molecule has 224 valence electrons. The number of carboxylic acid groups (broad SMARTS) is 1. The highest BCUT2D eigenvalue weighted by Gasteiger charge is 2.39.